The minimum absolute atomic E-state index is 0.111. The highest BCUT2D eigenvalue weighted by Crippen LogP contribution is 2.29. The lowest BCUT2D eigenvalue weighted by Crippen LogP contribution is -2.29. The van der Waals surface area contributed by atoms with Crippen LogP contribution in [0.1, 0.15) is 15.9 Å². The van der Waals surface area contributed by atoms with Crippen molar-refractivity contribution in [3.63, 3.8) is 0 Å². The maximum atomic E-state index is 12.8. The molecule has 0 saturated heterocycles. The van der Waals surface area contributed by atoms with E-state index in [1.807, 2.05) is 72.8 Å². The molecule has 2 N–H and O–H groups in total. The number of aromatic nitrogens is 3. The fraction of sp³-hybridized carbons (Fsp3) is 0.115. The van der Waals surface area contributed by atoms with Crippen LogP contribution in [0.4, 0.5) is 5.82 Å². The highest BCUT2D eigenvalue weighted by molar-refractivity contribution is 6.33. The van der Waals surface area contributed by atoms with Gasteiger partial charge < -0.3 is 10.6 Å². The predicted molar refractivity (Wildman–Crippen MR) is 138 cm³/mol. The van der Waals surface area contributed by atoms with Crippen LogP contribution in [0, 0.1) is 0 Å². The second kappa shape index (κ2) is 9.57. The summed E-state index contributed by atoms with van der Waals surface area (Å²) in [7, 11) is 5.89. The number of carbonyl (C=O) groups is 1. The van der Waals surface area contributed by atoms with E-state index in [-0.39, 0.29) is 5.91 Å². The summed E-state index contributed by atoms with van der Waals surface area (Å²) in [5, 5.41) is 13.4. The monoisotopic (exact) mass is 465 g/mol. The third kappa shape index (κ3) is 4.22. The van der Waals surface area contributed by atoms with Crippen molar-refractivity contribution in [1.82, 2.24) is 19.9 Å². The summed E-state index contributed by atoms with van der Waals surface area (Å²) in [6.45, 7) is 0.924. The number of benzene rings is 3. The molecule has 34 heavy (non-hydrogen) atoms. The number of fused-ring (bicyclic) bond motifs is 2. The zero-order valence-electron chi connectivity index (χ0n) is 18.3. The minimum Gasteiger partial charge on any atom is -0.368 e. The predicted octanol–water partition coefficient (Wildman–Crippen LogP) is 4.71. The van der Waals surface area contributed by atoms with Crippen molar-refractivity contribution in [2.75, 3.05) is 18.4 Å². The molecule has 0 aliphatic carbocycles. The molecule has 0 saturated carbocycles. The SMILES string of the molecule is [B]Cc1cnn2c(NCCNC(=O)c3cccc4ccccc34)cc(-c3ccccc3Cl)nc12. The van der Waals surface area contributed by atoms with E-state index < -0.39 is 0 Å². The highest BCUT2D eigenvalue weighted by Gasteiger charge is 2.14. The summed E-state index contributed by atoms with van der Waals surface area (Å²) in [5.41, 5.74) is 3.70. The zero-order valence-corrected chi connectivity index (χ0v) is 19.1. The Labute approximate surface area is 203 Å². The van der Waals surface area contributed by atoms with Crippen molar-refractivity contribution in [3.8, 4) is 11.3 Å². The van der Waals surface area contributed by atoms with Gasteiger partial charge in [0, 0.05) is 40.9 Å². The quantitative estimate of drug-likeness (QED) is 0.270. The number of halogens is 1. The van der Waals surface area contributed by atoms with Crippen molar-refractivity contribution < 1.29 is 4.79 Å². The van der Waals surface area contributed by atoms with Crippen LogP contribution in [0.25, 0.3) is 27.7 Å². The van der Waals surface area contributed by atoms with E-state index in [4.69, 9.17) is 24.4 Å². The molecule has 0 aliphatic heterocycles. The average molecular weight is 466 g/mol. The lowest BCUT2D eigenvalue weighted by molar-refractivity contribution is 0.0957. The topological polar surface area (TPSA) is 71.3 Å². The van der Waals surface area contributed by atoms with Gasteiger partial charge in [0.2, 0.25) is 0 Å². The molecule has 0 aliphatic rings. The first-order chi connectivity index (χ1) is 16.7. The Bertz CT molecular complexity index is 1490. The molecule has 5 aromatic rings. The maximum absolute atomic E-state index is 12.8. The van der Waals surface area contributed by atoms with E-state index in [0.717, 1.165) is 33.4 Å². The number of amides is 1. The van der Waals surface area contributed by atoms with Crippen LogP contribution in [0.15, 0.2) is 79.0 Å². The first kappa shape index (κ1) is 22.0. The first-order valence-electron chi connectivity index (χ1n) is 11.0. The minimum atomic E-state index is -0.111. The zero-order chi connectivity index (χ0) is 23.5. The number of hydrogen-bond donors (Lipinski definition) is 2. The van der Waals surface area contributed by atoms with Gasteiger partial charge in [-0.15, -0.1) is 0 Å². The number of anilines is 1. The summed E-state index contributed by atoms with van der Waals surface area (Å²) >= 11 is 6.42. The molecular formula is C26H21BClN5O. The van der Waals surface area contributed by atoms with E-state index in [9.17, 15) is 4.79 Å². The van der Waals surface area contributed by atoms with Crippen LogP contribution in [0.5, 0.6) is 0 Å². The number of nitrogens with zero attached hydrogens (tertiary/aromatic N) is 3. The third-order valence-corrected chi connectivity index (χ3v) is 6.00. The van der Waals surface area contributed by atoms with E-state index >= 15 is 0 Å². The van der Waals surface area contributed by atoms with E-state index in [2.05, 4.69) is 15.7 Å². The summed E-state index contributed by atoms with van der Waals surface area (Å²) in [6, 6.07) is 23.0. The second-order valence-electron chi connectivity index (χ2n) is 7.83. The van der Waals surface area contributed by atoms with Crippen molar-refractivity contribution in [3.05, 3.63) is 95.1 Å². The van der Waals surface area contributed by atoms with Crippen LogP contribution >= 0.6 is 11.6 Å². The van der Waals surface area contributed by atoms with Gasteiger partial charge in [-0.25, -0.2) is 4.98 Å². The van der Waals surface area contributed by atoms with E-state index in [1.54, 1.807) is 10.7 Å². The van der Waals surface area contributed by atoms with Crippen LogP contribution in [0.2, 0.25) is 5.02 Å². The van der Waals surface area contributed by atoms with Crippen molar-refractivity contribution in [2.45, 2.75) is 6.32 Å². The summed E-state index contributed by atoms with van der Waals surface area (Å²) < 4.78 is 1.72. The number of hydrogen-bond acceptors (Lipinski definition) is 4. The molecule has 0 fully saturated rings. The van der Waals surface area contributed by atoms with Crippen LogP contribution in [0.3, 0.4) is 0 Å². The molecule has 166 valence electrons. The van der Waals surface area contributed by atoms with Gasteiger partial charge in [0.05, 0.1) is 19.7 Å². The molecule has 2 aromatic heterocycles. The molecule has 6 nitrogen and oxygen atoms in total. The van der Waals surface area contributed by atoms with Gasteiger partial charge in [-0.3, -0.25) is 4.79 Å². The number of rotatable bonds is 7. The van der Waals surface area contributed by atoms with Gasteiger partial charge in [0.25, 0.3) is 5.91 Å². The largest absolute Gasteiger partial charge is 0.368 e. The van der Waals surface area contributed by atoms with E-state index in [1.165, 1.54) is 0 Å². The lowest BCUT2D eigenvalue weighted by Gasteiger charge is -2.13. The van der Waals surface area contributed by atoms with E-state index in [0.29, 0.717) is 35.6 Å². The summed E-state index contributed by atoms with van der Waals surface area (Å²) in [5.74, 6) is 0.624. The van der Waals surface area contributed by atoms with Gasteiger partial charge in [-0.05, 0) is 22.9 Å². The molecule has 8 heteroatoms. The Kier molecular flexibility index (Phi) is 6.19. The molecule has 2 radical (unpaired) electrons. The van der Waals surface area contributed by atoms with Crippen LogP contribution in [-0.4, -0.2) is 41.4 Å². The third-order valence-electron chi connectivity index (χ3n) is 5.67. The molecule has 0 bridgehead atoms. The fourth-order valence-corrected chi connectivity index (χ4v) is 4.20. The molecule has 1 amide bonds. The molecule has 5 rings (SSSR count). The molecule has 3 aromatic carbocycles. The average Bonchev–Trinajstić information content (AvgIpc) is 3.29. The van der Waals surface area contributed by atoms with Gasteiger partial charge in [-0.2, -0.15) is 9.61 Å². The van der Waals surface area contributed by atoms with Crippen LogP contribution in [-0.2, 0) is 6.32 Å². The molecule has 0 atom stereocenters. The standard InChI is InChI=1S/C26H21BClN5O/c27-15-18-16-31-33-24(14-23(32-25(18)33)21-9-3-4-11-22(21)28)29-12-13-30-26(34)20-10-5-7-17-6-1-2-8-19(17)20/h1-11,14,16,29H,12-13,15H2,(H,30,34). The first-order valence-corrected chi connectivity index (χ1v) is 11.4. The molecule has 0 unspecified atom stereocenters. The molecule has 0 spiro atoms. The summed E-state index contributed by atoms with van der Waals surface area (Å²) in [4.78, 5) is 17.6. The van der Waals surface area contributed by atoms with Gasteiger partial charge >= 0.3 is 0 Å². The smallest absolute Gasteiger partial charge is 0.251 e. The van der Waals surface area contributed by atoms with Crippen molar-refractivity contribution in [2.24, 2.45) is 0 Å². The van der Waals surface area contributed by atoms with Gasteiger partial charge in [0.15, 0.2) is 5.65 Å². The molecule has 2 heterocycles. The second-order valence-corrected chi connectivity index (χ2v) is 8.23. The Hall–Kier alpha value is -3.84. The number of nitrogens with one attached hydrogen (secondary N) is 2. The van der Waals surface area contributed by atoms with Crippen molar-refractivity contribution in [1.29, 1.82) is 0 Å². The highest BCUT2D eigenvalue weighted by atomic mass is 35.5. The normalized spacial score (nSPS) is 11.1. The summed E-state index contributed by atoms with van der Waals surface area (Å²) in [6.07, 6.45) is 2.04. The number of carbonyl (C=O) groups excluding carboxylic acids is 1. The van der Waals surface area contributed by atoms with Gasteiger partial charge in [0.1, 0.15) is 5.82 Å². The Morgan fingerprint density at radius 2 is 1.79 bits per heavy atom. The fourth-order valence-electron chi connectivity index (χ4n) is 3.97. The maximum Gasteiger partial charge on any atom is 0.251 e. The Morgan fingerprint density at radius 1 is 1.00 bits per heavy atom. The Balaban J connectivity index is 1.35. The van der Waals surface area contributed by atoms with Gasteiger partial charge in [-0.1, -0.05) is 72.5 Å². The van der Waals surface area contributed by atoms with Crippen molar-refractivity contribution >= 4 is 47.6 Å². The van der Waals surface area contributed by atoms with Crippen LogP contribution < -0.4 is 10.6 Å². The lowest BCUT2D eigenvalue weighted by atomic mass is 9.99. The Morgan fingerprint density at radius 3 is 2.65 bits per heavy atom. The molecular weight excluding hydrogens is 445 g/mol.